The van der Waals surface area contributed by atoms with Crippen LogP contribution in [0.25, 0.3) is 0 Å². The number of hydrogen-bond acceptors (Lipinski definition) is 13. The number of nitrogens with zero attached hydrogens (tertiary/aromatic N) is 4. The van der Waals surface area contributed by atoms with Gasteiger partial charge in [-0.05, 0) is 114 Å². The van der Waals surface area contributed by atoms with Gasteiger partial charge in [0.25, 0.3) is 0 Å². The minimum atomic E-state index is -0.440. The Labute approximate surface area is 491 Å². The predicted octanol–water partition coefficient (Wildman–Crippen LogP) is 10.6. The van der Waals surface area contributed by atoms with E-state index in [-0.39, 0.29) is 24.0 Å². The summed E-state index contributed by atoms with van der Waals surface area (Å²) < 4.78 is 20.3. The number of amides is 2. The molecular weight excluding hydrogens is 1090 g/mol. The van der Waals surface area contributed by atoms with E-state index in [1.807, 2.05) is 70.7 Å². The Morgan fingerprint density at radius 1 is 0.564 bits per heavy atom. The third-order valence-corrected chi connectivity index (χ3v) is 12.8. The van der Waals surface area contributed by atoms with Crippen LogP contribution in [0.1, 0.15) is 114 Å². The Balaban J connectivity index is 0.000000485. The molecule has 0 spiro atoms. The molecule has 4 heterocycles. The van der Waals surface area contributed by atoms with E-state index >= 15 is 0 Å². The molecule has 78 heavy (non-hydrogen) atoms. The van der Waals surface area contributed by atoms with Gasteiger partial charge in [-0.1, -0.05) is 107 Å². The zero-order valence-electron chi connectivity index (χ0n) is 49.9. The van der Waals surface area contributed by atoms with Gasteiger partial charge in [0, 0.05) is 119 Å². The van der Waals surface area contributed by atoms with Crippen LogP contribution >= 0.6 is 39.1 Å². The standard InChI is InChI=1S/C18H28N2O2.C13H20N2.C11H22N2O2.C7H7Br.C6H14N2.C2H5B2O3.CH2Cl2/c1-14-11-19(17(21)22-18(3,4)5)12-15(2)20(14)13-16-9-7-6-8-10-16;1-11-8-14-9-12(2)15(11)10-13-6-4-3-5-7-13;1-8-6-13(7-9(2)12-8)10(14)15-11(3,4)5;8-6-7-4-2-1-3-5-7;1-5-3-7-4-6(2)8-5;1-3-7-6-2-4-5;2-1-3/h6-10,14-15H,11-13H2,1-5H3;3-7,11-12,14H,8-10H2,1-2H3;8-9,12H,6-7H2,1-5H3;1-5H,6H2;5-8H,3-4H2,1-2H3;2H2,1H3;1H2/t14-,15+;11-,12+;8-,9+;;5-,6+;;. The second-order valence-electron chi connectivity index (χ2n) is 22.2. The molecule has 7 rings (SSSR count). The summed E-state index contributed by atoms with van der Waals surface area (Å²) in [5, 5.41) is 14.7. The van der Waals surface area contributed by atoms with E-state index in [4.69, 9.17) is 32.7 Å². The van der Waals surface area contributed by atoms with E-state index in [0.717, 1.165) is 57.7 Å². The van der Waals surface area contributed by atoms with Crippen LogP contribution in [0, 0.1) is 0 Å². The number of alkyl halides is 3. The molecule has 0 unspecified atom stereocenters. The van der Waals surface area contributed by atoms with Gasteiger partial charge in [-0.25, -0.2) is 9.59 Å². The molecule has 0 bridgehead atoms. The summed E-state index contributed by atoms with van der Waals surface area (Å²) in [6.45, 7) is 39.8. The summed E-state index contributed by atoms with van der Waals surface area (Å²) in [7, 11) is 1.97. The third-order valence-electron chi connectivity index (χ3n) is 12.2. The van der Waals surface area contributed by atoms with Crippen molar-refractivity contribution < 1.29 is 33.5 Å². The average Bonchev–Trinajstić information content (AvgIpc) is 3.37. The third kappa shape index (κ3) is 34.2. The maximum Gasteiger partial charge on any atom is 0.410 e. The van der Waals surface area contributed by atoms with Gasteiger partial charge in [-0.15, -0.1) is 23.2 Å². The van der Waals surface area contributed by atoms with Gasteiger partial charge in [-0.2, -0.15) is 0 Å². The summed E-state index contributed by atoms with van der Waals surface area (Å²) in [6.07, 6.45) is -0.409. The number of nitrogens with one attached hydrogen (secondary N) is 4. The second-order valence-corrected chi connectivity index (χ2v) is 23.6. The molecule has 4 saturated heterocycles. The first-order valence-corrected chi connectivity index (χ1v) is 29.8. The van der Waals surface area contributed by atoms with Crippen LogP contribution in [0.4, 0.5) is 9.59 Å². The Morgan fingerprint density at radius 3 is 1.23 bits per heavy atom. The molecule has 4 aliphatic heterocycles. The average molecular weight is 1190 g/mol. The van der Waals surface area contributed by atoms with Crippen LogP contribution in [0.3, 0.4) is 0 Å². The minimum absolute atomic E-state index is 0.00958. The zero-order valence-corrected chi connectivity index (χ0v) is 53.0. The Morgan fingerprint density at radius 2 is 0.910 bits per heavy atom. The monoisotopic (exact) mass is 1190 g/mol. The Kier molecular flexibility index (Phi) is 38.3. The van der Waals surface area contributed by atoms with Crippen molar-refractivity contribution in [3.05, 3.63) is 108 Å². The maximum absolute atomic E-state index is 12.3. The first kappa shape index (κ1) is 72.9. The fraction of sp³-hybridized carbons (Fsp3) is 0.655. The van der Waals surface area contributed by atoms with Crippen LogP contribution in [0.2, 0.25) is 6.82 Å². The molecule has 20 heteroatoms. The number of halogens is 3. The molecule has 3 aromatic rings. The topological polar surface area (TPSA) is 149 Å². The van der Waals surface area contributed by atoms with Crippen LogP contribution in [0.5, 0.6) is 0 Å². The molecule has 4 aliphatic rings. The van der Waals surface area contributed by atoms with E-state index in [9.17, 15) is 14.3 Å². The van der Waals surface area contributed by atoms with Crippen molar-refractivity contribution in [1.29, 1.82) is 0 Å². The number of piperazine rings is 4. The van der Waals surface area contributed by atoms with Gasteiger partial charge in [0.15, 0.2) is 0 Å². The zero-order chi connectivity index (χ0) is 58.7. The fourth-order valence-electron chi connectivity index (χ4n) is 8.84. The van der Waals surface area contributed by atoms with Gasteiger partial charge in [-0.3, -0.25) is 9.80 Å². The van der Waals surface area contributed by atoms with Gasteiger partial charge in [0.2, 0.25) is 0 Å². The molecule has 8 atom stereocenters. The number of hydrogen-bond donors (Lipinski definition) is 4. The number of ether oxygens (including phenoxy) is 2. The van der Waals surface area contributed by atoms with E-state index in [1.165, 1.54) is 24.2 Å². The summed E-state index contributed by atoms with van der Waals surface area (Å²) in [5.41, 5.74) is 3.21. The van der Waals surface area contributed by atoms with Crippen LogP contribution in [0.15, 0.2) is 91.0 Å². The summed E-state index contributed by atoms with van der Waals surface area (Å²) >= 11 is 12.9. The molecule has 1 radical (unpaired) electrons. The Hall–Kier alpha value is -3.13. The van der Waals surface area contributed by atoms with Crippen LogP contribution in [-0.4, -0.2) is 170 Å². The van der Waals surface area contributed by atoms with Crippen LogP contribution < -0.4 is 21.3 Å². The van der Waals surface area contributed by atoms with Crippen molar-refractivity contribution in [3.63, 3.8) is 0 Å². The predicted molar refractivity (Wildman–Crippen MR) is 328 cm³/mol. The van der Waals surface area contributed by atoms with Crippen molar-refractivity contribution in [2.24, 2.45) is 0 Å². The molecule has 15 nitrogen and oxygen atoms in total. The molecule has 2 amide bonds. The minimum Gasteiger partial charge on any atom is -0.444 e. The molecule has 4 fully saturated rings. The van der Waals surface area contributed by atoms with Gasteiger partial charge < -0.3 is 40.5 Å². The molecule has 3 aromatic carbocycles. The largest absolute Gasteiger partial charge is 0.444 e. The van der Waals surface area contributed by atoms with E-state index in [1.54, 1.807) is 11.7 Å². The summed E-state index contributed by atoms with van der Waals surface area (Å²) in [5.74, 6) is 0. The molecule has 4 N–H and O–H groups in total. The fourth-order valence-corrected chi connectivity index (χ4v) is 9.21. The van der Waals surface area contributed by atoms with E-state index in [0.29, 0.717) is 68.6 Å². The summed E-state index contributed by atoms with van der Waals surface area (Å²) in [6, 6.07) is 35.4. The van der Waals surface area contributed by atoms with Gasteiger partial charge in [0.05, 0.1) is 5.34 Å². The molecule has 0 saturated carbocycles. The number of benzene rings is 3. The molecule has 439 valence electrons. The Bertz CT molecular complexity index is 1970. The quantitative estimate of drug-likeness (QED) is 0.0530. The number of rotatable bonds is 9. The smallest absolute Gasteiger partial charge is 0.410 e. The van der Waals surface area contributed by atoms with Gasteiger partial charge >= 0.3 is 54.5 Å². The van der Waals surface area contributed by atoms with E-state index in [2.05, 4.69) is 179 Å². The molecule has 0 aromatic heterocycles. The summed E-state index contributed by atoms with van der Waals surface area (Å²) in [4.78, 5) is 41.1. The van der Waals surface area contributed by atoms with Crippen LogP contribution in [-0.2, 0) is 42.3 Å². The normalized spacial score (nSPS) is 23.2. The van der Waals surface area contributed by atoms with Crippen molar-refractivity contribution >= 4 is 66.0 Å². The first-order valence-electron chi connectivity index (χ1n) is 27.6. The van der Waals surface area contributed by atoms with Crippen molar-refractivity contribution in [3.8, 4) is 0 Å². The molecule has 0 aliphatic carbocycles. The van der Waals surface area contributed by atoms with Crippen molar-refractivity contribution in [2.75, 3.05) is 64.2 Å². The molecular formula is C58H98B2BrCl2N8O7. The van der Waals surface area contributed by atoms with E-state index < -0.39 is 11.2 Å². The SMILES string of the molecule is BrCc1ccccc1.C[B]OOCB=O.C[C@@H]1CN(C(=O)OC(C)(C)C)C[C@H](C)N1.C[C@@H]1CN(C(=O)OC(C)(C)C)C[C@H](C)N1Cc1ccccc1.C[C@@H]1CNC[C@H](C)N1.C[C@@H]1CNC[C@H](C)N1Cc1ccccc1.ClCCl. The first-order chi connectivity index (χ1) is 36.9. The number of carbonyl (C=O) groups excluding carboxylic acids is 2. The van der Waals surface area contributed by atoms with Crippen molar-refractivity contribution in [1.82, 2.24) is 40.9 Å². The maximum atomic E-state index is 12.3. The number of carbonyl (C=O) groups is 2. The second kappa shape index (κ2) is 41.0. The van der Waals surface area contributed by atoms with Crippen molar-refractivity contribution in [2.45, 2.75) is 182 Å². The van der Waals surface area contributed by atoms with Gasteiger partial charge in [0.1, 0.15) is 11.2 Å².